The number of fused-ring (bicyclic) bond motifs is 3. The van der Waals surface area contributed by atoms with E-state index in [9.17, 15) is 19.7 Å². The van der Waals surface area contributed by atoms with Crippen LogP contribution in [-0.2, 0) is 0 Å². The molecule has 3 atom stereocenters. The number of carbonyl (C=O) groups is 1. The fourth-order valence-corrected chi connectivity index (χ4v) is 5.19. The van der Waals surface area contributed by atoms with Gasteiger partial charge in [-0.15, -0.1) is 0 Å². The molecule has 0 unspecified atom stereocenters. The second-order valence-electron chi connectivity index (χ2n) is 8.21. The van der Waals surface area contributed by atoms with Crippen molar-refractivity contribution in [2.75, 3.05) is 4.90 Å². The van der Waals surface area contributed by atoms with Crippen molar-refractivity contribution in [3.63, 3.8) is 0 Å². The van der Waals surface area contributed by atoms with Crippen LogP contribution in [0.15, 0.2) is 78.9 Å². The van der Waals surface area contributed by atoms with Crippen LogP contribution in [0.3, 0.4) is 0 Å². The zero-order chi connectivity index (χ0) is 23.2. The number of benzene rings is 3. The molecule has 1 saturated heterocycles. The zero-order valence-electron chi connectivity index (χ0n) is 17.3. The number of hydrogen-bond acceptors (Lipinski definition) is 4. The summed E-state index contributed by atoms with van der Waals surface area (Å²) in [4.78, 5) is 15.9. The minimum absolute atomic E-state index is 0.233. The van der Waals surface area contributed by atoms with Crippen LogP contribution in [-0.4, -0.2) is 17.9 Å². The maximum atomic E-state index is 14.0. The molecule has 160 valence electrons. The highest BCUT2D eigenvalue weighted by Gasteiger charge is 2.63. The van der Waals surface area contributed by atoms with E-state index in [4.69, 9.17) is 11.6 Å². The van der Waals surface area contributed by atoms with Gasteiger partial charge < -0.3 is 4.90 Å². The highest BCUT2D eigenvalue weighted by molar-refractivity contribution is 6.30. The maximum Gasteiger partial charge on any atom is 0.185 e. The van der Waals surface area contributed by atoms with Crippen LogP contribution in [0.2, 0.25) is 5.02 Å². The fraction of sp³-hybridized carbons (Fsp3) is 0.148. The predicted octanol–water partition coefficient (Wildman–Crippen LogP) is 5.76. The monoisotopic (exact) mass is 453 g/mol. The maximum absolute atomic E-state index is 14.0. The lowest BCUT2D eigenvalue weighted by molar-refractivity contribution is 0.0951. The Hall–Kier alpha value is -3.93. The Morgan fingerprint density at radius 3 is 2.30 bits per heavy atom. The summed E-state index contributed by atoms with van der Waals surface area (Å²) in [5.41, 5.74) is 1.10. The molecule has 33 heavy (non-hydrogen) atoms. The molecule has 0 radical (unpaired) electrons. The lowest BCUT2D eigenvalue weighted by Crippen LogP contribution is -2.44. The first kappa shape index (κ1) is 20.9. The van der Waals surface area contributed by atoms with E-state index >= 15 is 0 Å². The van der Waals surface area contributed by atoms with Gasteiger partial charge in [-0.1, -0.05) is 54.1 Å². The smallest absolute Gasteiger partial charge is 0.185 e. The van der Waals surface area contributed by atoms with Gasteiger partial charge >= 0.3 is 0 Å². The minimum atomic E-state index is -1.56. The highest BCUT2D eigenvalue weighted by Crippen LogP contribution is 2.55. The van der Waals surface area contributed by atoms with Crippen molar-refractivity contribution in [3.05, 3.63) is 106 Å². The molecule has 5 rings (SSSR count). The number of nitrogens with zero attached hydrogens (tertiary/aromatic N) is 3. The number of anilines is 1. The van der Waals surface area contributed by atoms with E-state index in [2.05, 4.69) is 12.1 Å². The Morgan fingerprint density at radius 1 is 0.970 bits per heavy atom. The van der Waals surface area contributed by atoms with Crippen LogP contribution >= 0.6 is 11.6 Å². The summed E-state index contributed by atoms with van der Waals surface area (Å²) >= 11 is 6.03. The standard InChI is InChI=1S/C27H17ClFN3O/c28-20-10-5-19(6-11-20)26(33)25-24(18-7-12-21(29)13-8-18)27(15-30,16-31)23-14-9-17-3-1-2-4-22(17)32(23)25/h1-14,23-25H/t23-,24-,25+/m1/s1. The van der Waals surface area contributed by atoms with Crippen LogP contribution in [0.1, 0.15) is 27.4 Å². The summed E-state index contributed by atoms with van der Waals surface area (Å²) in [6.07, 6.45) is 3.71. The highest BCUT2D eigenvalue weighted by atomic mass is 35.5. The quantitative estimate of drug-likeness (QED) is 0.472. The van der Waals surface area contributed by atoms with E-state index in [1.807, 2.05) is 41.3 Å². The minimum Gasteiger partial charge on any atom is -0.351 e. The number of halogens is 2. The SMILES string of the molecule is N#CC1(C#N)[C@H](c2ccc(F)cc2)[C@@H](C(=O)c2ccc(Cl)cc2)N2c3ccccc3C=C[C@@H]21. The molecule has 4 nitrogen and oxygen atoms in total. The van der Waals surface area contributed by atoms with Gasteiger partial charge in [-0.25, -0.2) is 4.39 Å². The van der Waals surface area contributed by atoms with Crippen LogP contribution in [0.25, 0.3) is 6.08 Å². The van der Waals surface area contributed by atoms with Crippen molar-refractivity contribution >= 4 is 29.1 Å². The van der Waals surface area contributed by atoms with Crippen molar-refractivity contribution in [2.24, 2.45) is 5.41 Å². The first-order chi connectivity index (χ1) is 16.0. The number of nitriles is 2. The van der Waals surface area contributed by atoms with E-state index in [1.54, 1.807) is 36.4 Å². The van der Waals surface area contributed by atoms with Crippen molar-refractivity contribution in [1.82, 2.24) is 0 Å². The summed E-state index contributed by atoms with van der Waals surface area (Å²) in [7, 11) is 0. The van der Waals surface area contributed by atoms with E-state index in [0.29, 0.717) is 16.1 Å². The summed E-state index contributed by atoms with van der Waals surface area (Å²) in [6, 6.07) is 22.8. The number of para-hydroxylation sites is 1. The number of ketones is 1. The van der Waals surface area contributed by atoms with Gasteiger partial charge in [0.15, 0.2) is 11.2 Å². The summed E-state index contributed by atoms with van der Waals surface area (Å²) in [5.74, 6) is -1.47. The normalized spacial score (nSPS) is 22.1. The first-order valence-electron chi connectivity index (χ1n) is 10.4. The van der Waals surface area contributed by atoms with Crippen molar-refractivity contribution < 1.29 is 9.18 Å². The second kappa shape index (κ2) is 7.89. The van der Waals surface area contributed by atoms with E-state index in [1.165, 1.54) is 12.1 Å². The molecule has 0 saturated carbocycles. The molecule has 0 amide bonds. The Kier molecular flexibility index (Phi) is 5.01. The molecule has 3 aromatic rings. The number of carbonyl (C=O) groups excluding carboxylic acids is 1. The van der Waals surface area contributed by atoms with Gasteiger partial charge in [0.05, 0.1) is 18.2 Å². The van der Waals surface area contributed by atoms with E-state index < -0.39 is 29.2 Å². The van der Waals surface area contributed by atoms with Crippen LogP contribution < -0.4 is 4.90 Å². The molecule has 2 aliphatic heterocycles. The lowest BCUT2D eigenvalue weighted by Gasteiger charge is -2.35. The van der Waals surface area contributed by atoms with Gasteiger partial charge in [-0.05, 0) is 53.6 Å². The molecule has 0 aliphatic carbocycles. The Labute approximate surface area is 195 Å². The molecular formula is C27H17ClFN3O. The van der Waals surface area contributed by atoms with Crippen molar-refractivity contribution in [1.29, 1.82) is 10.5 Å². The second-order valence-corrected chi connectivity index (χ2v) is 8.64. The predicted molar refractivity (Wildman–Crippen MR) is 124 cm³/mol. The third kappa shape index (κ3) is 3.13. The van der Waals surface area contributed by atoms with Crippen molar-refractivity contribution in [3.8, 4) is 12.1 Å². The Morgan fingerprint density at radius 2 is 1.64 bits per heavy atom. The van der Waals surface area contributed by atoms with E-state index in [-0.39, 0.29) is 5.78 Å². The van der Waals surface area contributed by atoms with Gasteiger partial charge in [0, 0.05) is 22.2 Å². The molecule has 2 aliphatic rings. The summed E-state index contributed by atoms with van der Waals surface area (Å²) < 4.78 is 13.8. The Bertz CT molecular complexity index is 1340. The molecule has 0 aromatic heterocycles. The molecule has 1 fully saturated rings. The zero-order valence-corrected chi connectivity index (χ0v) is 18.1. The number of Topliss-reactive ketones (excluding diaryl/α,β-unsaturated/α-hetero) is 1. The topological polar surface area (TPSA) is 67.9 Å². The lowest BCUT2D eigenvalue weighted by atomic mass is 9.69. The first-order valence-corrected chi connectivity index (χ1v) is 10.8. The van der Waals surface area contributed by atoms with Gasteiger partial charge in [-0.3, -0.25) is 4.79 Å². The number of hydrogen-bond donors (Lipinski definition) is 0. The molecule has 2 heterocycles. The molecule has 0 spiro atoms. The largest absolute Gasteiger partial charge is 0.351 e. The molecular weight excluding hydrogens is 437 g/mol. The average molecular weight is 454 g/mol. The van der Waals surface area contributed by atoms with Gasteiger partial charge in [-0.2, -0.15) is 10.5 Å². The third-order valence-corrected chi connectivity index (χ3v) is 6.79. The molecule has 6 heteroatoms. The molecule has 0 bridgehead atoms. The van der Waals surface area contributed by atoms with Crippen LogP contribution in [0.5, 0.6) is 0 Å². The molecule has 0 N–H and O–H groups in total. The number of rotatable bonds is 3. The average Bonchev–Trinajstić information content (AvgIpc) is 3.15. The van der Waals surface area contributed by atoms with Gasteiger partial charge in [0.1, 0.15) is 11.9 Å². The fourth-order valence-electron chi connectivity index (χ4n) is 5.06. The summed E-state index contributed by atoms with van der Waals surface area (Å²) in [5, 5.41) is 21.2. The van der Waals surface area contributed by atoms with Gasteiger partial charge in [0.2, 0.25) is 0 Å². The van der Waals surface area contributed by atoms with Crippen LogP contribution in [0, 0.1) is 33.9 Å². The van der Waals surface area contributed by atoms with E-state index in [0.717, 1.165) is 11.3 Å². The summed E-state index contributed by atoms with van der Waals surface area (Å²) in [6.45, 7) is 0. The van der Waals surface area contributed by atoms with Gasteiger partial charge in [0.25, 0.3) is 0 Å². The van der Waals surface area contributed by atoms with Crippen molar-refractivity contribution in [2.45, 2.75) is 18.0 Å². The Balaban J connectivity index is 1.78. The third-order valence-electron chi connectivity index (χ3n) is 6.54. The van der Waals surface area contributed by atoms with Crippen LogP contribution in [0.4, 0.5) is 10.1 Å². The molecule has 3 aromatic carbocycles.